The van der Waals surface area contributed by atoms with E-state index in [4.69, 9.17) is 11.6 Å². The van der Waals surface area contributed by atoms with E-state index in [2.05, 4.69) is 16.8 Å². The van der Waals surface area contributed by atoms with Crippen LogP contribution in [0, 0.1) is 13.8 Å². The van der Waals surface area contributed by atoms with Crippen LogP contribution in [-0.2, 0) is 17.8 Å². The molecule has 1 saturated carbocycles. The Morgan fingerprint density at radius 2 is 1.90 bits per heavy atom. The zero-order valence-corrected chi connectivity index (χ0v) is 19.8. The van der Waals surface area contributed by atoms with E-state index >= 15 is 0 Å². The second kappa shape index (κ2) is 8.79. The Morgan fingerprint density at radius 1 is 1.19 bits per heavy atom. The molecule has 0 atom stereocenters. The molecule has 1 fully saturated rings. The van der Waals surface area contributed by atoms with Crippen molar-refractivity contribution in [3.63, 3.8) is 0 Å². The summed E-state index contributed by atoms with van der Waals surface area (Å²) in [6, 6.07) is 2.07. The molecule has 3 heterocycles. The number of nitrogens with one attached hydrogen (secondary N) is 1. The number of halogens is 1. The first-order valence-corrected chi connectivity index (χ1v) is 12.1. The van der Waals surface area contributed by atoms with Gasteiger partial charge in [-0.1, -0.05) is 11.6 Å². The highest BCUT2D eigenvalue weighted by molar-refractivity contribution is 7.16. The smallest absolute Gasteiger partial charge is 0.255 e. The van der Waals surface area contributed by atoms with E-state index in [9.17, 15) is 14.4 Å². The highest BCUT2D eigenvalue weighted by Gasteiger charge is 2.33. The molecule has 2 aliphatic rings. The number of Topliss-reactive ketones (excluding diaryl/α,β-unsaturated/α-hetero) is 1. The number of fused-ring (bicyclic) bond motifs is 1. The van der Waals surface area contributed by atoms with Crippen LogP contribution < -0.4 is 10.5 Å². The fraction of sp³-hybridized carbons (Fsp3) is 0.522. The van der Waals surface area contributed by atoms with Gasteiger partial charge < -0.3 is 14.8 Å². The van der Waals surface area contributed by atoms with Crippen molar-refractivity contribution in [1.82, 2.24) is 9.88 Å². The molecule has 1 N–H and O–H groups in total. The molecular weight excluding hydrogens is 434 g/mol. The Hall–Kier alpha value is -2.12. The quantitative estimate of drug-likeness (QED) is 0.722. The molecule has 6 nitrogen and oxygen atoms in total. The lowest BCUT2D eigenvalue weighted by Gasteiger charge is -2.34. The molecule has 0 spiro atoms. The van der Waals surface area contributed by atoms with Crippen molar-refractivity contribution < 1.29 is 9.59 Å². The number of nitrogens with zero attached hydrogens (tertiary/aromatic N) is 2. The molecular formula is C23H28ClN3O3S. The number of ketones is 1. The maximum Gasteiger partial charge on any atom is 0.255 e. The van der Waals surface area contributed by atoms with Crippen LogP contribution in [0.4, 0.5) is 5.00 Å². The summed E-state index contributed by atoms with van der Waals surface area (Å²) < 4.78 is 0. The average molecular weight is 462 g/mol. The van der Waals surface area contributed by atoms with Crippen LogP contribution in [0.15, 0.2) is 10.9 Å². The topological polar surface area (TPSA) is 73.5 Å². The summed E-state index contributed by atoms with van der Waals surface area (Å²) in [5.74, 6) is 0.317. The Labute approximate surface area is 191 Å². The number of hydrogen-bond acceptors (Lipinski definition) is 5. The van der Waals surface area contributed by atoms with Gasteiger partial charge in [0.2, 0.25) is 0 Å². The molecule has 4 rings (SSSR count). The number of carbonyl (C=O) groups is 2. The summed E-state index contributed by atoms with van der Waals surface area (Å²) in [5.41, 5.74) is 2.68. The molecule has 31 heavy (non-hydrogen) atoms. The van der Waals surface area contributed by atoms with Gasteiger partial charge in [0.1, 0.15) is 5.78 Å². The first-order valence-electron chi connectivity index (χ1n) is 10.9. The number of pyridine rings is 1. The number of aryl methyl sites for hydroxylation is 1. The van der Waals surface area contributed by atoms with Crippen LogP contribution in [0.3, 0.4) is 0 Å². The van der Waals surface area contributed by atoms with E-state index < -0.39 is 0 Å². The minimum atomic E-state index is -0.240. The molecule has 0 radical (unpaired) electrons. The number of rotatable bonds is 5. The number of aromatic nitrogens is 1. The number of carbonyl (C=O) groups excluding carboxylic acids is 2. The summed E-state index contributed by atoms with van der Waals surface area (Å²) in [4.78, 5) is 45.4. The highest BCUT2D eigenvalue weighted by Crippen LogP contribution is 2.41. The maximum absolute atomic E-state index is 13.4. The van der Waals surface area contributed by atoms with Gasteiger partial charge in [0, 0.05) is 49.0 Å². The zero-order valence-electron chi connectivity index (χ0n) is 18.2. The second-order valence-electron chi connectivity index (χ2n) is 8.47. The number of aromatic amines is 1. The van der Waals surface area contributed by atoms with Crippen LogP contribution >= 0.6 is 22.9 Å². The number of amides is 1. The molecule has 8 heteroatoms. The third-order valence-electron chi connectivity index (χ3n) is 6.42. The SMILES string of the molecule is CCN(c1sc2c(c1C)C(=O)N(Cc1c(Cl)cc(C)[nH]c1=O)CC2)C1CCC(=O)CC1. The number of H-pyrrole nitrogens is 1. The predicted molar refractivity (Wildman–Crippen MR) is 125 cm³/mol. The molecule has 1 aliphatic heterocycles. The molecule has 1 amide bonds. The van der Waals surface area contributed by atoms with E-state index in [0.29, 0.717) is 47.5 Å². The van der Waals surface area contributed by atoms with Gasteiger partial charge in [0.15, 0.2) is 0 Å². The van der Waals surface area contributed by atoms with Crippen molar-refractivity contribution in [3.8, 4) is 0 Å². The summed E-state index contributed by atoms with van der Waals surface area (Å²) in [7, 11) is 0. The second-order valence-corrected chi connectivity index (χ2v) is 9.96. The summed E-state index contributed by atoms with van der Waals surface area (Å²) >= 11 is 8.02. The lowest BCUT2D eigenvalue weighted by molar-refractivity contribution is -0.120. The monoisotopic (exact) mass is 461 g/mol. The van der Waals surface area contributed by atoms with Crippen molar-refractivity contribution >= 4 is 39.6 Å². The maximum atomic E-state index is 13.4. The van der Waals surface area contributed by atoms with Gasteiger partial charge in [0.25, 0.3) is 11.5 Å². The molecule has 0 saturated heterocycles. The van der Waals surface area contributed by atoms with Gasteiger partial charge in [-0.15, -0.1) is 11.3 Å². The molecule has 1 aliphatic carbocycles. The lowest BCUT2D eigenvalue weighted by atomic mass is 9.93. The predicted octanol–water partition coefficient (Wildman–Crippen LogP) is 4.24. The van der Waals surface area contributed by atoms with Gasteiger partial charge in [-0.3, -0.25) is 14.4 Å². The molecule has 166 valence electrons. The van der Waals surface area contributed by atoms with Crippen LogP contribution in [-0.4, -0.2) is 40.7 Å². The van der Waals surface area contributed by atoms with E-state index in [-0.39, 0.29) is 18.0 Å². The van der Waals surface area contributed by atoms with Crippen LogP contribution in [0.2, 0.25) is 5.02 Å². The molecule has 0 unspecified atom stereocenters. The number of hydrogen-bond donors (Lipinski definition) is 1. The van der Waals surface area contributed by atoms with Gasteiger partial charge >= 0.3 is 0 Å². The summed E-state index contributed by atoms with van der Waals surface area (Å²) in [6.07, 6.45) is 3.81. The van der Waals surface area contributed by atoms with Gasteiger partial charge in [-0.2, -0.15) is 0 Å². The van der Waals surface area contributed by atoms with E-state index in [1.807, 2.05) is 6.92 Å². The molecule has 0 aromatic carbocycles. The Morgan fingerprint density at radius 3 is 2.55 bits per heavy atom. The van der Waals surface area contributed by atoms with Gasteiger partial charge in [0.05, 0.1) is 27.7 Å². The minimum absolute atomic E-state index is 0.0350. The van der Waals surface area contributed by atoms with Crippen LogP contribution in [0.1, 0.15) is 64.7 Å². The van der Waals surface area contributed by atoms with E-state index in [1.165, 1.54) is 0 Å². The van der Waals surface area contributed by atoms with Gasteiger partial charge in [-0.05, 0) is 45.2 Å². The van der Waals surface area contributed by atoms with Crippen molar-refractivity contribution in [2.24, 2.45) is 0 Å². The lowest BCUT2D eigenvalue weighted by Crippen LogP contribution is -2.39. The number of anilines is 1. The Balaban J connectivity index is 1.60. The van der Waals surface area contributed by atoms with Crippen LogP contribution in [0.25, 0.3) is 0 Å². The zero-order chi connectivity index (χ0) is 22.3. The van der Waals surface area contributed by atoms with Crippen molar-refractivity contribution in [1.29, 1.82) is 0 Å². The Kier molecular flexibility index (Phi) is 6.26. The van der Waals surface area contributed by atoms with Gasteiger partial charge in [-0.25, -0.2) is 0 Å². The highest BCUT2D eigenvalue weighted by atomic mass is 35.5. The molecule has 0 bridgehead atoms. The van der Waals surface area contributed by atoms with Crippen molar-refractivity contribution in [2.75, 3.05) is 18.0 Å². The normalized spacial score (nSPS) is 17.2. The standard InChI is InChI=1S/C23H28ClN3O3S/c1-4-27(15-5-7-16(28)8-6-15)23-14(3)20-19(31-23)9-10-26(22(20)30)12-17-18(24)11-13(2)25-21(17)29/h11,15H,4-10,12H2,1-3H3,(H,25,29). The first kappa shape index (κ1) is 22.1. The number of thiophene rings is 1. The van der Waals surface area contributed by atoms with Crippen molar-refractivity contribution in [3.05, 3.63) is 48.7 Å². The molecule has 2 aromatic rings. The van der Waals surface area contributed by atoms with Crippen LogP contribution in [0.5, 0.6) is 0 Å². The fourth-order valence-corrected chi connectivity index (χ4v) is 6.48. The molecule has 2 aromatic heterocycles. The van der Waals surface area contributed by atoms with Crippen molar-refractivity contribution in [2.45, 2.75) is 65.5 Å². The summed E-state index contributed by atoms with van der Waals surface area (Å²) in [5, 5.41) is 1.54. The summed E-state index contributed by atoms with van der Waals surface area (Å²) in [6.45, 7) is 7.57. The first-order chi connectivity index (χ1) is 14.8. The third kappa shape index (κ3) is 4.17. The average Bonchev–Trinajstić information content (AvgIpc) is 3.05. The Bertz CT molecular complexity index is 1080. The van der Waals surface area contributed by atoms with E-state index in [0.717, 1.165) is 46.8 Å². The minimum Gasteiger partial charge on any atom is -0.360 e. The third-order valence-corrected chi connectivity index (χ3v) is 8.15. The van der Waals surface area contributed by atoms with E-state index in [1.54, 1.807) is 29.2 Å². The fourth-order valence-electron chi connectivity index (χ4n) is 4.76. The largest absolute Gasteiger partial charge is 0.360 e.